The van der Waals surface area contributed by atoms with Crippen molar-refractivity contribution >= 4 is 11.7 Å². The van der Waals surface area contributed by atoms with Crippen LogP contribution >= 0.6 is 0 Å². The van der Waals surface area contributed by atoms with E-state index in [1.54, 1.807) is 18.3 Å². The molecule has 1 aromatic carbocycles. The minimum absolute atomic E-state index is 0.0935. The van der Waals surface area contributed by atoms with Crippen LogP contribution in [0.25, 0.3) is 22.4 Å². The minimum atomic E-state index is -0.301. The highest BCUT2D eigenvalue weighted by molar-refractivity contribution is 5.89. The van der Waals surface area contributed by atoms with Crippen LogP contribution in [0.1, 0.15) is 12.6 Å². The van der Waals surface area contributed by atoms with Gasteiger partial charge in [-0.3, -0.25) is 14.4 Å². The molecule has 8 heteroatoms. The van der Waals surface area contributed by atoms with Crippen LogP contribution < -0.4 is 5.32 Å². The number of β-amino-alcohol motifs (C(OH)–C–C–N with tert-alkyl or cyclic N) is 1. The predicted octanol–water partition coefficient (Wildman–Crippen LogP) is 2.52. The second-order valence-corrected chi connectivity index (χ2v) is 7.01. The minimum Gasteiger partial charge on any atom is -0.395 e. The van der Waals surface area contributed by atoms with Crippen molar-refractivity contribution in [2.75, 3.05) is 25.0 Å². The number of pyridine rings is 1. The molecule has 29 heavy (non-hydrogen) atoms. The second-order valence-electron chi connectivity index (χ2n) is 7.01. The van der Waals surface area contributed by atoms with Crippen LogP contribution in [0, 0.1) is 5.82 Å². The summed E-state index contributed by atoms with van der Waals surface area (Å²) in [6.07, 6.45) is 1.65. The normalized spacial score (nSPS) is 13.9. The number of aliphatic hydroxyl groups is 1. The Balaban J connectivity index is 1.85. The van der Waals surface area contributed by atoms with Gasteiger partial charge in [0.2, 0.25) is 5.91 Å². The number of benzene rings is 1. The average Bonchev–Trinajstić information content (AvgIpc) is 3.07. The number of anilines is 1. The summed E-state index contributed by atoms with van der Waals surface area (Å²) in [5, 5.41) is 16.9. The third-order valence-corrected chi connectivity index (χ3v) is 4.95. The van der Waals surface area contributed by atoms with E-state index in [1.807, 2.05) is 16.8 Å². The van der Waals surface area contributed by atoms with Crippen molar-refractivity contribution in [3.8, 4) is 22.4 Å². The number of rotatable bonds is 5. The largest absolute Gasteiger partial charge is 0.395 e. The molecule has 3 heterocycles. The Morgan fingerprint density at radius 2 is 2.00 bits per heavy atom. The fourth-order valence-corrected chi connectivity index (χ4v) is 3.65. The number of carbonyl (C=O) groups is 1. The molecule has 0 radical (unpaired) electrons. The van der Waals surface area contributed by atoms with E-state index < -0.39 is 0 Å². The molecule has 0 spiro atoms. The van der Waals surface area contributed by atoms with E-state index in [0.29, 0.717) is 25.5 Å². The lowest BCUT2D eigenvalue weighted by Crippen LogP contribution is -2.35. The average molecular weight is 395 g/mol. The van der Waals surface area contributed by atoms with E-state index in [0.717, 1.165) is 34.6 Å². The maximum Gasteiger partial charge on any atom is 0.222 e. The van der Waals surface area contributed by atoms with Crippen molar-refractivity contribution in [1.82, 2.24) is 19.7 Å². The van der Waals surface area contributed by atoms with Gasteiger partial charge in [-0.25, -0.2) is 9.37 Å². The van der Waals surface area contributed by atoms with Crippen LogP contribution in [0.4, 0.5) is 10.2 Å². The zero-order chi connectivity index (χ0) is 20.4. The maximum atomic E-state index is 13.5. The Hall–Kier alpha value is -3.10. The molecule has 3 aromatic rings. The highest BCUT2D eigenvalue weighted by Gasteiger charge is 2.26. The number of hydrogen-bond donors (Lipinski definition) is 2. The molecule has 4 rings (SSSR count). The third-order valence-electron chi connectivity index (χ3n) is 4.95. The summed E-state index contributed by atoms with van der Waals surface area (Å²) >= 11 is 0. The number of halogens is 1. The van der Waals surface area contributed by atoms with E-state index in [9.17, 15) is 14.3 Å². The highest BCUT2D eigenvalue weighted by Crippen LogP contribution is 2.37. The molecule has 0 bridgehead atoms. The molecule has 7 nitrogen and oxygen atoms in total. The van der Waals surface area contributed by atoms with Crippen molar-refractivity contribution < 1.29 is 14.3 Å². The van der Waals surface area contributed by atoms with E-state index in [-0.39, 0.29) is 18.3 Å². The van der Waals surface area contributed by atoms with Gasteiger partial charge in [0.15, 0.2) is 0 Å². The molecule has 0 saturated carbocycles. The maximum absolute atomic E-state index is 13.5. The van der Waals surface area contributed by atoms with Crippen LogP contribution in [0.3, 0.4) is 0 Å². The predicted molar refractivity (Wildman–Crippen MR) is 108 cm³/mol. The first-order valence-electron chi connectivity index (χ1n) is 9.48. The van der Waals surface area contributed by atoms with E-state index in [4.69, 9.17) is 5.10 Å². The standard InChI is InChI=1S/C21H22FN5O2/c1-14(29)24-19-12-16(6-7-23-19)20-18-13-26(10-11-28)8-9-27(18)25-21(20)15-2-4-17(22)5-3-15/h2-7,12,28H,8-11,13H2,1H3,(H,23,24,29). The summed E-state index contributed by atoms with van der Waals surface area (Å²) in [5.41, 5.74) is 4.38. The smallest absolute Gasteiger partial charge is 0.222 e. The van der Waals surface area contributed by atoms with Gasteiger partial charge < -0.3 is 10.4 Å². The topological polar surface area (TPSA) is 83.3 Å². The summed E-state index contributed by atoms with van der Waals surface area (Å²) < 4.78 is 15.4. The second kappa shape index (κ2) is 8.10. The summed E-state index contributed by atoms with van der Waals surface area (Å²) in [6, 6.07) is 9.97. The molecular weight excluding hydrogens is 373 g/mol. The van der Waals surface area contributed by atoms with Gasteiger partial charge in [0.25, 0.3) is 0 Å². The number of hydrogen-bond acceptors (Lipinski definition) is 5. The van der Waals surface area contributed by atoms with Crippen LogP contribution in [0.5, 0.6) is 0 Å². The monoisotopic (exact) mass is 395 g/mol. The van der Waals surface area contributed by atoms with Crippen molar-refractivity contribution in [2.45, 2.75) is 20.0 Å². The van der Waals surface area contributed by atoms with Crippen LogP contribution in [-0.2, 0) is 17.9 Å². The third kappa shape index (κ3) is 4.03. The number of fused-ring (bicyclic) bond motifs is 1. The first kappa shape index (κ1) is 19.2. The molecule has 2 aromatic heterocycles. The molecule has 1 amide bonds. The van der Waals surface area contributed by atoms with Gasteiger partial charge in [-0.15, -0.1) is 0 Å². The molecule has 0 saturated heterocycles. The molecule has 150 valence electrons. The van der Waals surface area contributed by atoms with Crippen molar-refractivity contribution in [1.29, 1.82) is 0 Å². The molecule has 0 unspecified atom stereocenters. The Morgan fingerprint density at radius 1 is 1.21 bits per heavy atom. The van der Waals surface area contributed by atoms with Gasteiger partial charge in [0.05, 0.1) is 18.8 Å². The molecule has 0 aliphatic carbocycles. The lowest BCUT2D eigenvalue weighted by atomic mass is 9.98. The fraction of sp³-hybridized carbons (Fsp3) is 0.286. The van der Waals surface area contributed by atoms with Crippen LogP contribution in [0.2, 0.25) is 0 Å². The van der Waals surface area contributed by atoms with Gasteiger partial charge >= 0.3 is 0 Å². The molecule has 0 fully saturated rings. The van der Waals surface area contributed by atoms with Crippen LogP contribution in [0.15, 0.2) is 42.6 Å². The van der Waals surface area contributed by atoms with Gasteiger partial charge in [-0.2, -0.15) is 5.10 Å². The number of carbonyl (C=O) groups excluding carboxylic acids is 1. The van der Waals surface area contributed by atoms with Gasteiger partial charge in [0, 0.05) is 43.9 Å². The Morgan fingerprint density at radius 3 is 2.72 bits per heavy atom. The highest BCUT2D eigenvalue weighted by atomic mass is 19.1. The first-order valence-corrected chi connectivity index (χ1v) is 9.48. The Kier molecular flexibility index (Phi) is 5.37. The van der Waals surface area contributed by atoms with Crippen molar-refractivity contribution in [3.05, 3.63) is 54.1 Å². The number of nitrogens with zero attached hydrogens (tertiary/aromatic N) is 4. The van der Waals surface area contributed by atoms with E-state index >= 15 is 0 Å². The molecule has 0 atom stereocenters. The van der Waals surface area contributed by atoms with E-state index in [1.165, 1.54) is 19.1 Å². The fourth-order valence-electron chi connectivity index (χ4n) is 3.65. The van der Waals surface area contributed by atoms with Gasteiger partial charge in [-0.1, -0.05) is 0 Å². The van der Waals surface area contributed by atoms with E-state index in [2.05, 4.69) is 15.2 Å². The number of aromatic nitrogens is 3. The number of amides is 1. The Labute approximate surface area is 167 Å². The number of aliphatic hydroxyl groups excluding tert-OH is 1. The Bertz CT molecular complexity index is 1030. The zero-order valence-electron chi connectivity index (χ0n) is 16.1. The molecule has 2 N–H and O–H groups in total. The quantitative estimate of drug-likeness (QED) is 0.694. The number of nitrogens with one attached hydrogen (secondary N) is 1. The van der Waals surface area contributed by atoms with Gasteiger partial charge in [-0.05, 0) is 42.0 Å². The lowest BCUT2D eigenvalue weighted by Gasteiger charge is -2.27. The molecular formula is C21H22FN5O2. The van der Waals surface area contributed by atoms with Gasteiger partial charge in [0.1, 0.15) is 17.3 Å². The first-order chi connectivity index (χ1) is 14.0. The SMILES string of the molecule is CC(=O)Nc1cc(-c2c(-c3ccc(F)cc3)nn3c2CN(CCO)CC3)ccn1. The van der Waals surface area contributed by atoms with Crippen LogP contribution in [-0.4, -0.2) is 50.4 Å². The lowest BCUT2D eigenvalue weighted by molar-refractivity contribution is -0.114. The van der Waals surface area contributed by atoms with Crippen molar-refractivity contribution in [3.63, 3.8) is 0 Å². The summed E-state index contributed by atoms with van der Waals surface area (Å²) in [7, 11) is 0. The summed E-state index contributed by atoms with van der Waals surface area (Å²) in [4.78, 5) is 17.8. The summed E-state index contributed by atoms with van der Waals surface area (Å²) in [5.74, 6) is -0.0344. The summed E-state index contributed by atoms with van der Waals surface area (Å²) in [6.45, 7) is 4.26. The molecule has 1 aliphatic heterocycles. The zero-order valence-corrected chi connectivity index (χ0v) is 16.1. The molecule has 1 aliphatic rings. The van der Waals surface area contributed by atoms with Crippen molar-refractivity contribution in [2.24, 2.45) is 0 Å².